The van der Waals surface area contributed by atoms with Crippen molar-refractivity contribution in [3.63, 3.8) is 0 Å². The molecule has 0 spiro atoms. The number of rotatable bonds is 8. The lowest BCUT2D eigenvalue weighted by molar-refractivity contribution is -0.137. The number of amides is 1. The monoisotopic (exact) mass is 239 g/mol. The van der Waals surface area contributed by atoms with E-state index < -0.39 is 5.97 Å². The number of allylic oxidation sites excluding steroid dienone is 3. The summed E-state index contributed by atoms with van der Waals surface area (Å²) in [5, 5.41) is 11.3. The molecule has 0 saturated carbocycles. The molecule has 0 aliphatic heterocycles. The average Bonchev–Trinajstić information content (AvgIpc) is 2.21. The topological polar surface area (TPSA) is 66.4 Å². The van der Waals surface area contributed by atoms with Crippen molar-refractivity contribution in [1.29, 1.82) is 0 Å². The fourth-order valence-corrected chi connectivity index (χ4v) is 1.35. The Kier molecular flexibility index (Phi) is 8.74. The fourth-order valence-electron chi connectivity index (χ4n) is 1.35. The molecule has 4 nitrogen and oxygen atoms in total. The molecule has 0 heterocycles. The predicted molar refractivity (Wildman–Crippen MR) is 67.7 cm³/mol. The molecular formula is C13H21NO3. The second kappa shape index (κ2) is 9.63. The van der Waals surface area contributed by atoms with Crippen LogP contribution in [0, 0.1) is 0 Å². The molecule has 2 N–H and O–H groups in total. The molecule has 0 fully saturated rings. The minimum absolute atomic E-state index is 0.0530. The van der Waals surface area contributed by atoms with Crippen LogP contribution in [-0.2, 0) is 9.59 Å². The molecular weight excluding hydrogens is 218 g/mol. The zero-order valence-electron chi connectivity index (χ0n) is 10.5. The van der Waals surface area contributed by atoms with E-state index in [1.165, 1.54) is 6.92 Å². The highest BCUT2D eigenvalue weighted by Gasteiger charge is 2.11. The van der Waals surface area contributed by atoms with Gasteiger partial charge in [-0.2, -0.15) is 0 Å². The average molecular weight is 239 g/mol. The number of hydrogen-bond donors (Lipinski definition) is 2. The van der Waals surface area contributed by atoms with Gasteiger partial charge in [0.2, 0.25) is 5.91 Å². The van der Waals surface area contributed by atoms with E-state index in [2.05, 4.69) is 18.3 Å². The summed E-state index contributed by atoms with van der Waals surface area (Å²) in [6.07, 6.45) is 10.4. The number of carbonyl (C=O) groups is 2. The molecule has 0 aliphatic carbocycles. The van der Waals surface area contributed by atoms with Crippen LogP contribution >= 0.6 is 0 Å². The van der Waals surface area contributed by atoms with Crippen LogP contribution in [0.25, 0.3) is 0 Å². The van der Waals surface area contributed by atoms with E-state index in [9.17, 15) is 9.59 Å². The smallest absolute Gasteiger partial charge is 0.305 e. The third-order valence-corrected chi connectivity index (χ3v) is 2.09. The van der Waals surface area contributed by atoms with Gasteiger partial charge in [0.1, 0.15) is 0 Å². The Bertz CT molecular complexity index is 279. The Labute approximate surface area is 102 Å². The van der Waals surface area contributed by atoms with Gasteiger partial charge < -0.3 is 10.4 Å². The fraction of sp³-hybridized carbons (Fsp3) is 0.538. The van der Waals surface area contributed by atoms with Crippen LogP contribution in [0.3, 0.4) is 0 Å². The first-order chi connectivity index (χ1) is 8.06. The lowest BCUT2D eigenvalue weighted by Gasteiger charge is -2.13. The Hall–Kier alpha value is -1.58. The van der Waals surface area contributed by atoms with Crippen LogP contribution < -0.4 is 5.32 Å². The summed E-state index contributed by atoms with van der Waals surface area (Å²) < 4.78 is 0. The van der Waals surface area contributed by atoms with Crippen molar-refractivity contribution < 1.29 is 14.7 Å². The van der Waals surface area contributed by atoms with Crippen LogP contribution in [0.5, 0.6) is 0 Å². The maximum atomic E-state index is 10.9. The lowest BCUT2D eigenvalue weighted by Crippen LogP contribution is -2.34. The maximum absolute atomic E-state index is 10.9. The molecule has 1 atom stereocenters. The van der Waals surface area contributed by atoms with E-state index in [0.29, 0.717) is 6.42 Å². The molecule has 0 saturated heterocycles. The second-order valence-corrected chi connectivity index (χ2v) is 3.88. The summed E-state index contributed by atoms with van der Waals surface area (Å²) >= 11 is 0. The number of aliphatic carboxylic acids is 1. The lowest BCUT2D eigenvalue weighted by atomic mass is 10.1. The highest BCUT2D eigenvalue weighted by atomic mass is 16.4. The van der Waals surface area contributed by atoms with E-state index in [0.717, 1.165) is 12.8 Å². The molecule has 96 valence electrons. The molecule has 0 bridgehead atoms. The zero-order chi connectivity index (χ0) is 13.1. The van der Waals surface area contributed by atoms with Crippen LogP contribution in [0.1, 0.15) is 39.5 Å². The van der Waals surface area contributed by atoms with Crippen molar-refractivity contribution >= 4 is 11.9 Å². The summed E-state index contributed by atoms with van der Waals surface area (Å²) in [6.45, 7) is 3.49. The minimum atomic E-state index is -0.904. The highest BCUT2D eigenvalue weighted by Crippen LogP contribution is 2.00. The molecule has 0 aromatic heterocycles. The van der Waals surface area contributed by atoms with Crippen LogP contribution in [0.4, 0.5) is 0 Å². The number of unbranched alkanes of at least 4 members (excludes halogenated alkanes) is 1. The summed E-state index contributed by atoms with van der Waals surface area (Å²) in [5.41, 5.74) is 0. The number of nitrogens with one attached hydrogen (secondary N) is 1. The van der Waals surface area contributed by atoms with Crippen molar-refractivity contribution in [3.05, 3.63) is 24.3 Å². The van der Waals surface area contributed by atoms with Gasteiger partial charge in [-0.15, -0.1) is 0 Å². The molecule has 0 aliphatic rings. The van der Waals surface area contributed by atoms with Gasteiger partial charge in [-0.05, 0) is 12.8 Å². The molecule has 17 heavy (non-hydrogen) atoms. The molecule has 4 heteroatoms. The highest BCUT2D eigenvalue weighted by molar-refractivity contribution is 5.74. The van der Waals surface area contributed by atoms with Gasteiger partial charge in [0.25, 0.3) is 0 Å². The van der Waals surface area contributed by atoms with Gasteiger partial charge in [-0.25, -0.2) is 0 Å². The van der Waals surface area contributed by atoms with Crippen LogP contribution in [0.15, 0.2) is 24.3 Å². The first-order valence-corrected chi connectivity index (χ1v) is 5.86. The van der Waals surface area contributed by atoms with Crippen LogP contribution in [0.2, 0.25) is 0 Å². The van der Waals surface area contributed by atoms with E-state index in [4.69, 9.17) is 5.11 Å². The largest absolute Gasteiger partial charge is 0.481 e. The van der Waals surface area contributed by atoms with E-state index in [-0.39, 0.29) is 18.4 Å². The summed E-state index contributed by atoms with van der Waals surface area (Å²) in [5.74, 6) is -1.11. The van der Waals surface area contributed by atoms with Gasteiger partial charge in [0.15, 0.2) is 0 Å². The number of hydrogen-bond acceptors (Lipinski definition) is 2. The van der Waals surface area contributed by atoms with Gasteiger partial charge >= 0.3 is 5.97 Å². The molecule has 1 amide bonds. The van der Waals surface area contributed by atoms with E-state index >= 15 is 0 Å². The van der Waals surface area contributed by atoms with Crippen molar-refractivity contribution in [1.82, 2.24) is 5.32 Å². The Morgan fingerprint density at radius 3 is 2.47 bits per heavy atom. The number of carboxylic acid groups (broad SMARTS) is 1. The van der Waals surface area contributed by atoms with E-state index in [1.807, 2.05) is 18.2 Å². The molecule has 0 aromatic rings. The number of carboxylic acids is 1. The summed E-state index contributed by atoms with van der Waals surface area (Å²) in [7, 11) is 0. The Morgan fingerprint density at radius 1 is 1.29 bits per heavy atom. The van der Waals surface area contributed by atoms with Gasteiger partial charge in [0, 0.05) is 13.0 Å². The molecule has 0 aromatic carbocycles. The zero-order valence-corrected chi connectivity index (χ0v) is 10.5. The first kappa shape index (κ1) is 15.4. The van der Waals surface area contributed by atoms with Gasteiger partial charge in [0.05, 0.1) is 6.42 Å². The Morgan fingerprint density at radius 2 is 1.94 bits per heavy atom. The van der Waals surface area contributed by atoms with E-state index in [1.54, 1.807) is 0 Å². The standard InChI is InChI=1S/C13H21NO3/c1-3-4-5-6-7-8-9-12(10-13(16)17)14-11(2)15/h5-8,12H,3-4,9-10H2,1-2H3,(H,14,15)(H,16,17)/b6-5+,8-7+/t12-/m0/s1. The third-order valence-electron chi connectivity index (χ3n) is 2.09. The molecule has 0 unspecified atom stereocenters. The predicted octanol–water partition coefficient (Wildman–Crippen LogP) is 2.27. The molecule has 0 rings (SSSR count). The SMILES string of the molecule is CCC/C=C/C=C/C[C@@H](CC(=O)O)NC(C)=O. The molecule has 0 radical (unpaired) electrons. The summed E-state index contributed by atoms with van der Waals surface area (Å²) in [6, 6.07) is -0.333. The number of carbonyl (C=O) groups excluding carboxylic acids is 1. The first-order valence-electron chi connectivity index (χ1n) is 5.86. The van der Waals surface area contributed by atoms with Gasteiger partial charge in [-0.1, -0.05) is 37.6 Å². The van der Waals surface area contributed by atoms with Crippen LogP contribution in [-0.4, -0.2) is 23.0 Å². The quantitative estimate of drug-likeness (QED) is 0.638. The van der Waals surface area contributed by atoms with Crippen molar-refractivity contribution in [2.45, 2.75) is 45.6 Å². The maximum Gasteiger partial charge on any atom is 0.305 e. The summed E-state index contributed by atoms with van der Waals surface area (Å²) in [4.78, 5) is 21.4. The second-order valence-electron chi connectivity index (χ2n) is 3.88. The van der Waals surface area contributed by atoms with Crippen molar-refractivity contribution in [3.8, 4) is 0 Å². The minimum Gasteiger partial charge on any atom is -0.481 e. The van der Waals surface area contributed by atoms with Gasteiger partial charge in [-0.3, -0.25) is 9.59 Å². The normalized spacial score (nSPS) is 13.1. The third kappa shape index (κ3) is 10.7. The van der Waals surface area contributed by atoms with Crippen molar-refractivity contribution in [2.24, 2.45) is 0 Å². The Balaban J connectivity index is 4.05. The van der Waals surface area contributed by atoms with Crippen molar-refractivity contribution in [2.75, 3.05) is 0 Å².